The van der Waals surface area contributed by atoms with Crippen molar-refractivity contribution in [3.05, 3.63) is 125 Å². The first-order valence-corrected chi connectivity index (χ1v) is 17.6. The van der Waals surface area contributed by atoms with E-state index in [0.717, 1.165) is 46.7 Å². The van der Waals surface area contributed by atoms with Gasteiger partial charge in [-0.2, -0.15) is 0 Å². The van der Waals surface area contributed by atoms with E-state index >= 15 is 0 Å². The molecule has 0 aromatic heterocycles. The van der Waals surface area contributed by atoms with E-state index in [1.165, 1.54) is 30.2 Å². The molecular weight excluding hydrogens is 634 g/mol. The first kappa shape index (κ1) is 34.0. The molecule has 246 valence electrons. The minimum atomic E-state index is -4.26. The number of carbonyl (C=O) groups excluding carboxylic acids is 2. The minimum absolute atomic E-state index is 0.0173. The fourth-order valence-corrected chi connectivity index (χ4v) is 7.52. The van der Waals surface area contributed by atoms with Crippen LogP contribution in [0.5, 0.6) is 5.75 Å². The average Bonchev–Trinajstić information content (AvgIpc) is 3.59. The first-order chi connectivity index (χ1) is 22.7. The van der Waals surface area contributed by atoms with Crippen LogP contribution in [0.15, 0.2) is 108 Å². The lowest BCUT2D eigenvalue weighted by Crippen LogP contribution is -2.54. The average molecular weight is 674 g/mol. The van der Waals surface area contributed by atoms with Crippen molar-refractivity contribution in [3.63, 3.8) is 0 Å². The van der Waals surface area contributed by atoms with Crippen molar-refractivity contribution in [1.29, 1.82) is 0 Å². The highest BCUT2D eigenvalue weighted by Crippen LogP contribution is 2.28. The maximum Gasteiger partial charge on any atom is 0.264 e. The number of nitrogens with zero attached hydrogens (tertiary/aromatic N) is 2. The summed E-state index contributed by atoms with van der Waals surface area (Å²) in [5.74, 6) is -0.279. The van der Waals surface area contributed by atoms with E-state index in [1.807, 2.05) is 61.5 Å². The second kappa shape index (κ2) is 15.5. The smallest absolute Gasteiger partial charge is 0.264 e. The number of aryl methyl sites for hydroxylation is 1. The standard InChI is InChI=1S/C37H40ClN3O5S/c1-27-11-6-7-14-29(27)25-40(35(23-28-12-4-3-5-13-28)37(43)39-31-16-8-9-17-31)36(42)26-41(32-18-10-15-30(38)24-32)47(44,45)34-21-19-33(46-2)20-22-34/h3-7,10-15,18-22,24,31,35H,8-9,16-17,23,25-26H2,1-2H3,(H,39,43). The molecule has 4 aromatic rings. The number of sulfonamides is 1. The summed E-state index contributed by atoms with van der Waals surface area (Å²) in [5, 5.41) is 3.52. The summed E-state index contributed by atoms with van der Waals surface area (Å²) in [4.78, 5) is 30.3. The van der Waals surface area contributed by atoms with E-state index in [9.17, 15) is 18.0 Å². The summed E-state index contributed by atoms with van der Waals surface area (Å²) in [5.41, 5.74) is 2.93. The number of hydrogen-bond acceptors (Lipinski definition) is 5. The van der Waals surface area contributed by atoms with Gasteiger partial charge in [0.25, 0.3) is 10.0 Å². The van der Waals surface area contributed by atoms with Gasteiger partial charge in [0.1, 0.15) is 18.3 Å². The number of nitrogens with one attached hydrogen (secondary N) is 1. The van der Waals surface area contributed by atoms with Crippen LogP contribution in [-0.4, -0.2) is 50.9 Å². The van der Waals surface area contributed by atoms with Gasteiger partial charge in [0.05, 0.1) is 17.7 Å². The molecule has 1 N–H and O–H groups in total. The third-order valence-electron chi connectivity index (χ3n) is 8.60. The number of rotatable bonds is 13. The lowest BCUT2D eigenvalue weighted by Gasteiger charge is -2.34. The van der Waals surface area contributed by atoms with Gasteiger partial charge < -0.3 is 15.0 Å². The van der Waals surface area contributed by atoms with Gasteiger partial charge in [0.15, 0.2) is 0 Å². The van der Waals surface area contributed by atoms with Gasteiger partial charge in [-0.1, -0.05) is 85.1 Å². The molecule has 10 heteroatoms. The lowest BCUT2D eigenvalue weighted by atomic mass is 10.0. The fraction of sp³-hybridized carbons (Fsp3) is 0.297. The van der Waals surface area contributed by atoms with Crippen LogP contribution in [0.3, 0.4) is 0 Å². The number of hydrogen-bond donors (Lipinski definition) is 1. The largest absolute Gasteiger partial charge is 0.497 e. The Kier molecular flexibility index (Phi) is 11.2. The van der Waals surface area contributed by atoms with Crippen LogP contribution in [0.25, 0.3) is 0 Å². The number of carbonyl (C=O) groups is 2. The SMILES string of the molecule is COc1ccc(S(=O)(=O)N(CC(=O)N(Cc2ccccc2C)C(Cc2ccccc2)C(=O)NC2CCCC2)c2cccc(Cl)c2)cc1. The molecule has 47 heavy (non-hydrogen) atoms. The zero-order valence-electron chi connectivity index (χ0n) is 26.6. The van der Waals surface area contributed by atoms with Crippen molar-refractivity contribution in [2.75, 3.05) is 18.0 Å². The first-order valence-electron chi connectivity index (χ1n) is 15.8. The number of anilines is 1. The second-order valence-electron chi connectivity index (χ2n) is 11.8. The molecule has 0 spiro atoms. The van der Waals surface area contributed by atoms with Gasteiger partial charge in [-0.25, -0.2) is 8.42 Å². The Hall–Kier alpha value is -4.34. The highest BCUT2D eigenvalue weighted by atomic mass is 35.5. The quantitative estimate of drug-likeness (QED) is 0.174. The molecule has 2 amide bonds. The molecule has 1 atom stereocenters. The van der Waals surface area contributed by atoms with Crippen LogP contribution in [0.1, 0.15) is 42.4 Å². The molecule has 1 aliphatic rings. The van der Waals surface area contributed by atoms with Crippen LogP contribution in [0, 0.1) is 6.92 Å². The van der Waals surface area contributed by atoms with E-state index in [0.29, 0.717) is 10.8 Å². The zero-order chi connectivity index (χ0) is 33.4. The Bertz CT molecular complexity index is 1780. The molecule has 4 aromatic carbocycles. The highest BCUT2D eigenvalue weighted by molar-refractivity contribution is 7.92. The van der Waals surface area contributed by atoms with Gasteiger partial charge in [-0.3, -0.25) is 13.9 Å². The van der Waals surface area contributed by atoms with Crippen LogP contribution in [0.2, 0.25) is 5.02 Å². The van der Waals surface area contributed by atoms with Crippen LogP contribution >= 0.6 is 11.6 Å². The lowest BCUT2D eigenvalue weighted by molar-refractivity contribution is -0.140. The summed E-state index contributed by atoms with van der Waals surface area (Å²) >= 11 is 6.33. The molecule has 0 aliphatic heterocycles. The van der Waals surface area contributed by atoms with Crippen LogP contribution in [-0.2, 0) is 32.6 Å². The molecule has 0 saturated heterocycles. The Labute approximate surface area is 282 Å². The zero-order valence-corrected chi connectivity index (χ0v) is 28.2. The van der Waals surface area contributed by atoms with Crippen molar-refractivity contribution in [1.82, 2.24) is 10.2 Å². The van der Waals surface area contributed by atoms with Gasteiger partial charge in [-0.05, 0) is 78.9 Å². The molecule has 1 saturated carbocycles. The van der Waals surface area contributed by atoms with Crippen LogP contribution in [0.4, 0.5) is 5.69 Å². The third kappa shape index (κ3) is 8.53. The monoisotopic (exact) mass is 673 g/mol. The predicted octanol–water partition coefficient (Wildman–Crippen LogP) is 6.55. The Morgan fingerprint density at radius 1 is 0.915 bits per heavy atom. The molecule has 1 aliphatic carbocycles. The molecule has 8 nitrogen and oxygen atoms in total. The minimum Gasteiger partial charge on any atom is -0.497 e. The molecule has 0 heterocycles. The third-order valence-corrected chi connectivity index (χ3v) is 10.6. The van der Waals surface area contributed by atoms with Gasteiger partial charge in [0, 0.05) is 24.0 Å². The van der Waals surface area contributed by atoms with E-state index in [-0.39, 0.29) is 35.5 Å². The van der Waals surface area contributed by atoms with E-state index in [4.69, 9.17) is 16.3 Å². The van der Waals surface area contributed by atoms with Crippen molar-refractivity contribution < 1.29 is 22.7 Å². The Morgan fingerprint density at radius 2 is 1.60 bits per heavy atom. The number of halogens is 1. The normalized spacial score (nSPS) is 13.9. The topological polar surface area (TPSA) is 96.0 Å². The number of amides is 2. The number of ether oxygens (including phenoxy) is 1. The summed E-state index contributed by atoms with van der Waals surface area (Å²) < 4.78 is 34.7. The summed E-state index contributed by atoms with van der Waals surface area (Å²) in [7, 11) is -2.76. The summed E-state index contributed by atoms with van der Waals surface area (Å²) in [6, 6.07) is 28.8. The van der Waals surface area contributed by atoms with Gasteiger partial charge in [-0.15, -0.1) is 0 Å². The maximum absolute atomic E-state index is 14.7. The predicted molar refractivity (Wildman–Crippen MR) is 185 cm³/mol. The highest BCUT2D eigenvalue weighted by Gasteiger charge is 2.35. The fourth-order valence-electron chi connectivity index (χ4n) is 5.93. The van der Waals surface area contributed by atoms with Crippen molar-refractivity contribution in [2.45, 2.75) is 62.6 Å². The summed E-state index contributed by atoms with van der Waals surface area (Å²) in [6.07, 6.45) is 4.12. The Morgan fingerprint density at radius 3 is 2.26 bits per heavy atom. The maximum atomic E-state index is 14.7. The molecule has 0 bridgehead atoms. The van der Waals surface area contributed by atoms with Gasteiger partial charge in [0.2, 0.25) is 11.8 Å². The van der Waals surface area contributed by atoms with Crippen molar-refractivity contribution in [3.8, 4) is 5.75 Å². The van der Waals surface area contributed by atoms with Gasteiger partial charge >= 0.3 is 0 Å². The molecule has 0 radical (unpaired) electrons. The van der Waals surface area contributed by atoms with E-state index < -0.39 is 28.5 Å². The number of methoxy groups -OCH3 is 1. The van der Waals surface area contributed by atoms with E-state index in [2.05, 4.69) is 5.32 Å². The van der Waals surface area contributed by atoms with Crippen molar-refractivity contribution >= 4 is 39.1 Å². The second-order valence-corrected chi connectivity index (χ2v) is 14.1. The molecular formula is C37H40ClN3O5S. The molecule has 5 rings (SSSR count). The summed E-state index contributed by atoms with van der Waals surface area (Å²) in [6.45, 7) is 1.52. The Balaban J connectivity index is 1.57. The van der Waals surface area contributed by atoms with E-state index in [1.54, 1.807) is 30.3 Å². The van der Waals surface area contributed by atoms with Crippen molar-refractivity contribution in [2.24, 2.45) is 0 Å². The molecule has 1 unspecified atom stereocenters. The van der Waals surface area contributed by atoms with Crippen LogP contribution < -0.4 is 14.4 Å². The number of benzene rings is 4. The molecule has 1 fully saturated rings.